The van der Waals surface area contributed by atoms with Crippen LogP contribution >= 0.6 is 0 Å². The Morgan fingerprint density at radius 1 is 1.28 bits per heavy atom. The molecule has 7 heteroatoms. The number of methoxy groups -OCH3 is 1. The molecule has 0 bridgehead atoms. The Morgan fingerprint density at radius 2 is 2.00 bits per heavy atom. The first-order valence-electron chi connectivity index (χ1n) is 4.89. The summed E-state index contributed by atoms with van der Waals surface area (Å²) in [6.45, 7) is 0. The number of nitrogen functional groups attached to an aromatic ring is 1. The lowest BCUT2D eigenvalue weighted by Gasteiger charge is -2.10. The fourth-order valence-corrected chi connectivity index (χ4v) is 1.50. The lowest BCUT2D eigenvalue weighted by molar-refractivity contribution is -0.137. The van der Waals surface area contributed by atoms with Gasteiger partial charge in [0.25, 0.3) is 0 Å². The minimum absolute atomic E-state index is 0.0180. The van der Waals surface area contributed by atoms with Gasteiger partial charge in [-0.1, -0.05) is 5.16 Å². The number of nitrogens with two attached hydrogens (primary N) is 1. The highest BCUT2D eigenvalue weighted by molar-refractivity contribution is 5.69. The number of alkyl halides is 3. The molecule has 0 saturated heterocycles. The number of hydrogen-bond donors (Lipinski definition) is 1. The maximum absolute atomic E-state index is 12.6. The second-order valence-electron chi connectivity index (χ2n) is 3.53. The summed E-state index contributed by atoms with van der Waals surface area (Å²) in [4.78, 5) is 0. The average molecular weight is 258 g/mol. The van der Waals surface area contributed by atoms with Gasteiger partial charge in [0.15, 0.2) is 0 Å². The van der Waals surface area contributed by atoms with E-state index in [0.717, 1.165) is 12.1 Å². The van der Waals surface area contributed by atoms with Crippen molar-refractivity contribution in [2.24, 2.45) is 0 Å². The fourth-order valence-electron chi connectivity index (χ4n) is 1.50. The van der Waals surface area contributed by atoms with Gasteiger partial charge in [-0.05, 0) is 18.2 Å². The molecule has 1 aromatic heterocycles. The first kappa shape index (κ1) is 12.3. The predicted octanol–water partition coefficient (Wildman–Crippen LogP) is 2.95. The molecule has 0 saturated carbocycles. The Labute approximate surface area is 100 Å². The molecule has 0 aliphatic carbocycles. The van der Waals surface area contributed by atoms with Crippen molar-refractivity contribution in [1.82, 2.24) is 5.16 Å². The fraction of sp³-hybridized carbons (Fsp3) is 0.182. The Bertz CT molecular complexity index is 564. The molecule has 0 spiro atoms. The summed E-state index contributed by atoms with van der Waals surface area (Å²) in [5, 5.41) is 3.57. The van der Waals surface area contributed by atoms with Gasteiger partial charge in [0.2, 0.25) is 5.88 Å². The molecule has 0 fully saturated rings. The number of anilines is 1. The zero-order chi connectivity index (χ0) is 13.3. The van der Waals surface area contributed by atoms with Crippen molar-refractivity contribution in [3.8, 4) is 17.0 Å². The molecule has 0 aliphatic heterocycles. The van der Waals surface area contributed by atoms with Crippen LogP contribution in [0.4, 0.5) is 19.1 Å². The summed E-state index contributed by atoms with van der Waals surface area (Å²) in [7, 11) is 1.36. The van der Waals surface area contributed by atoms with E-state index < -0.39 is 11.7 Å². The normalized spacial score (nSPS) is 11.6. The van der Waals surface area contributed by atoms with E-state index in [0.29, 0.717) is 0 Å². The van der Waals surface area contributed by atoms with Crippen molar-refractivity contribution in [3.05, 3.63) is 29.8 Å². The Kier molecular flexibility index (Phi) is 2.90. The largest absolute Gasteiger partial charge is 0.496 e. The maximum atomic E-state index is 12.6. The Morgan fingerprint density at radius 3 is 2.50 bits per heavy atom. The highest BCUT2D eigenvalue weighted by atomic mass is 19.4. The number of rotatable bonds is 2. The molecule has 0 aliphatic rings. The minimum Gasteiger partial charge on any atom is -0.496 e. The van der Waals surface area contributed by atoms with E-state index in [-0.39, 0.29) is 22.9 Å². The summed E-state index contributed by atoms with van der Waals surface area (Å²) in [6, 6.07) is 4.43. The van der Waals surface area contributed by atoms with Crippen molar-refractivity contribution in [3.63, 3.8) is 0 Å². The van der Waals surface area contributed by atoms with Gasteiger partial charge in [-0.15, -0.1) is 0 Å². The van der Waals surface area contributed by atoms with Gasteiger partial charge in [-0.3, -0.25) is 0 Å². The van der Waals surface area contributed by atoms with Crippen LogP contribution in [-0.4, -0.2) is 12.3 Å². The monoisotopic (exact) mass is 258 g/mol. The van der Waals surface area contributed by atoms with Crippen molar-refractivity contribution in [2.45, 2.75) is 6.18 Å². The van der Waals surface area contributed by atoms with Crippen LogP contribution in [0, 0.1) is 0 Å². The average Bonchev–Trinajstić information content (AvgIpc) is 2.73. The SMILES string of the molecule is COc1ccc(C(F)(F)F)cc1-c1cc(N)on1. The zero-order valence-corrected chi connectivity index (χ0v) is 9.28. The van der Waals surface area contributed by atoms with Crippen LogP contribution in [0.1, 0.15) is 5.56 Å². The highest BCUT2D eigenvalue weighted by Gasteiger charge is 2.31. The first-order chi connectivity index (χ1) is 8.41. The maximum Gasteiger partial charge on any atom is 0.416 e. The van der Waals surface area contributed by atoms with Crippen molar-refractivity contribution in [2.75, 3.05) is 12.8 Å². The van der Waals surface area contributed by atoms with Gasteiger partial charge >= 0.3 is 6.18 Å². The lowest BCUT2D eigenvalue weighted by atomic mass is 10.1. The third kappa shape index (κ3) is 2.24. The second-order valence-corrected chi connectivity index (χ2v) is 3.53. The lowest BCUT2D eigenvalue weighted by Crippen LogP contribution is -2.05. The summed E-state index contributed by atoms with van der Waals surface area (Å²) in [5.41, 5.74) is 4.91. The van der Waals surface area contributed by atoms with Gasteiger partial charge in [-0.25, -0.2) is 0 Å². The standard InChI is InChI=1S/C11H9F3N2O2/c1-17-9-3-2-6(11(12,13)14)4-7(9)8-5-10(15)18-16-8/h2-5H,15H2,1H3. The van der Waals surface area contributed by atoms with E-state index in [2.05, 4.69) is 9.68 Å². The second kappa shape index (κ2) is 4.25. The van der Waals surface area contributed by atoms with E-state index in [9.17, 15) is 13.2 Å². The summed E-state index contributed by atoms with van der Waals surface area (Å²) < 4.78 is 47.5. The van der Waals surface area contributed by atoms with E-state index in [1.807, 2.05) is 0 Å². The third-order valence-corrected chi connectivity index (χ3v) is 2.33. The number of hydrogen-bond acceptors (Lipinski definition) is 4. The number of aromatic nitrogens is 1. The van der Waals surface area contributed by atoms with E-state index >= 15 is 0 Å². The topological polar surface area (TPSA) is 61.3 Å². The van der Waals surface area contributed by atoms with E-state index in [4.69, 9.17) is 10.5 Å². The van der Waals surface area contributed by atoms with Crippen LogP contribution < -0.4 is 10.5 Å². The molecule has 0 atom stereocenters. The first-order valence-corrected chi connectivity index (χ1v) is 4.89. The van der Waals surface area contributed by atoms with Gasteiger partial charge in [-0.2, -0.15) is 13.2 Å². The minimum atomic E-state index is -4.43. The van der Waals surface area contributed by atoms with Gasteiger partial charge in [0.05, 0.1) is 12.7 Å². The number of halogens is 3. The molecular formula is C11H9F3N2O2. The van der Waals surface area contributed by atoms with Crippen LogP contribution in [0.3, 0.4) is 0 Å². The molecule has 2 rings (SSSR count). The quantitative estimate of drug-likeness (QED) is 0.899. The summed E-state index contributed by atoms with van der Waals surface area (Å²) in [5.74, 6) is 0.278. The van der Waals surface area contributed by atoms with Gasteiger partial charge in [0.1, 0.15) is 11.4 Å². The molecular weight excluding hydrogens is 249 g/mol. The summed E-state index contributed by atoms with van der Waals surface area (Å²) >= 11 is 0. The van der Waals surface area contributed by atoms with Crippen LogP contribution in [0.15, 0.2) is 28.8 Å². The summed E-state index contributed by atoms with van der Waals surface area (Å²) in [6.07, 6.45) is -4.43. The van der Waals surface area contributed by atoms with Crippen molar-refractivity contribution >= 4 is 5.88 Å². The smallest absolute Gasteiger partial charge is 0.416 e. The van der Waals surface area contributed by atoms with Crippen molar-refractivity contribution in [1.29, 1.82) is 0 Å². The number of nitrogens with zero attached hydrogens (tertiary/aromatic N) is 1. The Balaban J connectivity index is 2.56. The van der Waals surface area contributed by atoms with Crippen LogP contribution in [-0.2, 0) is 6.18 Å². The molecule has 2 N–H and O–H groups in total. The molecule has 0 amide bonds. The van der Waals surface area contributed by atoms with E-state index in [1.165, 1.54) is 19.2 Å². The zero-order valence-electron chi connectivity index (χ0n) is 9.28. The van der Waals surface area contributed by atoms with Crippen LogP contribution in [0.2, 0.25) is 0 Å². The highest BCUT2D eigenvalue weighted by Crippen LogP contribution is 2.36. The molecule has 18 heavy (non-hydrogen) atoms. The van der Waals surface area contributed by atoms with Crippen LogP contribution in [0.25, 0.3) is 11.3 Å². The molecule has 1 aromatic carbocycles. The molecule has 2 aromatic rings. The molecule has 1 heterocycles. The predicted molar refractivity (Wildman–Crippen MR) is 57.9 cm³/mol. The van der Waals surface area contributed by atoms with Crippen LogP contribution in [0.5, 0.6) is 5.75 Å². The van der Waals surface area contributed by atoms with Gasteiger partial charge < -0.3 is 15.0 Å². The van der Waals surface area contributed by atoms with Gasteiger partial charge in [0, 0.05) is 11.6 Å². The molecule has 0 unspecified atom stereocenters. The third-order valence-electron chi connectivity index (χ3n) is 2.33. The molecule has 0 radical (unpaired) electrons. The number of ether oxygens (including phenoxy) is 1. The molecule has 4 nitrogen and oxygen atoms in total. The number of benzene rings is 1. The van der Waals surface area contributed by atoms with Crippen molar-refractivity contribution < 1.29 is 22.4 Å². The Hall–Kier alpha value is -2.18. The molecule has 96 valence electrons. The van der Waals surface area contributed by atoms with E-state index in [1.54, 1.807) is 0 Å².